The molecule has 0 aromatic rings. The van der Waals surface area contributed by atoms with E-state index in [-0.39, 0.29) is 12.0 Å². The Morgan fingerprint density at radius 3 is 2.12 bits per heavy atom. The van der Waals surface area contributed by atoms with Crippen molar-refractivity contribution >= 4 is 0 Å². The molecule has 0 unspecified atom stereocenters. The lowest BCUT2D eigenvalue weighted by Crippen LogP contribution is -2.25. The molecular weight excluding hydrogens is 229 g/mol. The number of hydrogen-bond donors (Lipinski definition) is 0. The number of alkyl halides is 3. The fourth-order valence-corrected chi connectivity index (χ4v) is 1.43. The first-order chi connectivity index (χ1) is 7.66. The van der Waals surface area contributed by atoms with E-state index in [0.29, 0.717) is 6.54 Å². The molecule has 0 rings (SSSR count). The van der Waals surface area contributed by atoms with E-state index < -0.39 is 12.6 Å². The van der Waals surface area contributed by atoms with Crippen molar-refractivity contribution in [2.45, 2.75) is 45.7 Å². The summed E-state index contributed by atoms with van der Waals surface area (Å²) in [5, 5.41) is 8.79. The van der Waals surface area contributed by atoms with Gasteiger partial charge in [0.05, 0.1) is 17.9 Å². The average molecular weight is 250 g/mol. The number of hydrogen-bond acceptors (Lipinski definition) is 2. The van der Waals surface area contributed by atoms with Crippen LogP contribution in [0.1, 0.15) is 39.5 Å². The maximum absolute atomic E-state index is 11.9. The summed E-state index contributed by atoms with van der Waals surface area (Å²) in [5.41, 5.74) is -0.329. The standard InChI is InChI=1S/C12H21F3N2/c1-11(2,10-16)6-4-5-8-17(3)9-7-12(13,14)15/h4-9H2,1-3H3. The molecule has 0 saturated carbocycles. The van der Waals surface area contributed by atoms with Crippen molar-refractivity contribution in [3.05, 3.63) is 0 Å². The third kappa shape index (κ3) is 10.1. The topological polar surface area (TPSA) is 27.0 Å². The van der Waals surface area contributed by atoms with Gasteiger partial charge in [0, 0.05) is 6.54 Å². The van der Waals surface area contributed by atoms with Crippen LogP contribution < -0.4 is 0 Å². The van der Waals surface area contributed by atoms with Crippen LogP contribution in [0.3, 0.4) is 0 Å². The lowest BCUT2D eigenvalue weighted by atomic mass is 9.89. The summed E-state index contributed by atoms with van der Waals surface area (Å²) in [6, 6.07) is 2.21. The molecule has 0 aliphatic rings. The second kappa shape index (κ2) is 6.85. The molecule has 0 spiro atoms. The highest BCUT2D eigenvalue weighted by Crippen LogP contribution is 2.22. The van der Waals surface area contributed by atoms with E-state index in [2.05, 4.69) is 6.07 Å². The van der Waals surface area contributed by atoms with Crippen LogP contribution in [-0.2, 0) is 0 Å². The lowest BCUT2D eigenvalue weighted by Gasteiger charge is -2.19. The molecule has 0 saturated heterocycles. The summed E-state index contributed by atoms with van der Waals surface area (Å²) in [5.74, 6) is 0. The third-order valence-corrected chi connectivity index (χ3v) is 2.67. The van der Waals surface area contributed by atoms with Gasteiger partial charge in [-0.25, -0.2) is 0 Å². The molecule has 0 N–H and O–H groups in total. The van der Waals surface area contributed by atoms with E-state index in [1.165, 1.54) is 0 Å². The maximum Gasteiger partial charge on any atom is 0.390 e. The van der Waals surface area contributed by atoms with Crippen LogP contribution in [0, 0.1) is 16.7 Å². The minimum atomic E-state index is -4.07. The van der Waals surface area contributed by atoms with E-state index in [1.807, 2.05) is 13.8 Å². The van der Waals surface area contributed by atoms with Crippen molar-refractivity contribution in [2.24, 2.45) is 5.41 Å². The van der Waals surface area contributed by atoms with E-state index in [9.17, 15) is 13.2 Å². The highest BCUT2D eigenvalue weighted by Gasteiger charge is 2.26. The van der Waals surface area contributed by atoms with Crippen LogP contribution in [0.15, 0.2) is 0 Å². The Hall–Kier alpha value is -0.760. The summed E-state index contributed by atoms with van der Waals surface area (Å²) in [6.07, 6.45) is -2.34. The highest BCUT2D eigenvalue weighted by molar-refractivity contribution is 4.91. The molecule has 0 atom stereocenters. The van der Waals surface area contributed by atoms with E-state index in [1.54, 1.807) is 11.9 Å². The van der Waals surface area contributed by atoms with Crippen molar-refractivity contribution in [3.8, 4) is 6.07 Å². The van der Waals surface area contributed by atoms with Crippen molar-refractivity contribution < 1.29 is 13.2 Å². The summed E-state index contributed by atoms with van der Waals surface area (Å²) in [7, 11) is 1.70. The molecule has 0 bridgehead atoms. The Balaban J connectivity index is 3.60. The van der Waals surface area contributed by atoms with Gasteiger partial charge in [0.15, 0.2) is 0 Å². The molecule has 100 valence electrons. The van der Waals surface area contributed by atoms with Crippen LogP contribution in [0.25, 0.3) is 0 Å². The van der Waals surface area contributed by atoms with Gasteiger partial charge in [0.1, 0.15) is 0 Å². The molecule has 17 heavy (non-hydrogen) atoms. The fraction of sp³-hybridized carbons (Fsp3) is 0.917. The summed E-state index contributed by atoms with van der Waals surface area (Å²) in [4.78, 5) is 1.69. The first-order valence-electron chi connectivity index (χ1n) is 5.83. The Labute approximate surface area is 101 Å². The molecule has 0 aliphatic heterocycles. The molecule has 2 nitrogen and oxygen atoms in total. The minimum absolute atomic E-state index is 0.0468. The SMILES string of the molecule is CN(CCCCC(C)(C)C#N)CCC(F)(F)F. The predicted octanol–water partition coefficient (Wildman–Crippen LogP) is 3.59. The molecule has 0 aliphatic carbocycles. The number of unbranched alkanes of at least 4 members (excludes halogenated alkanes) is 1. The van der Waals surface area contributed by atoms with Crippen molar-refractivity contribution in [1.29, 1.82) is 5.26 Å². The number of rotatable bonds is 7. The number of nitriles is 1. The first-order valence-corrected chi connectivity index (χ1v) is 5.83. The second-order valence-corrected chi connectivity index (χ2v) is 5.12. The molecule has 0 fully saturated rings. The Morgan fingerprint density at radius 2 is 1.65 bits per heavy atom. The van der Waals surface area contributed by atoms with Crippen molar-refractivity contribution in [1.82, 2.24) is 4.90 Å². The van der Waals surface area contributed by atoms with Gasteiger partial charge in [-0.15, -0.1) is 0 Å². The quantitative estimate of drug-likeness (QED) is 0.646. The largest absolute Gasteiger partial charge is 0.390 e. The van der Waals surface area contributed by atoms with Crippen molar-refractivity contribution in [3.63, 3.8) is 0 Å². The first kappa shape index (κ1) is 16.2. The maximum atomic E-state index is 11.9. The van der Waals surface area contributed by atoms with Crippen LogP contribution in [-0.4, -0.2) is 31.2 Å². The van der Waals surface area contributed by atoms with E-state index in [4.69, 9.17) is 5.26 Å². The Bertz CT molecular complexity index is 253. The van der Waals surface area contributed by atoms with Gasteiger partial charge in [-0.3, -0.25) is 0 Å². The zero-order valence-corrected chi connectivity index (χ0v) is 10.8. The van der Waals surface area contributed by atoms with Gasteiger partial charge in [0.25, 0.3) is 0 Å². The molecule has 0 radical (unpaired) electrons. The number of nitrogens with zero attached hydrogens (tertiary/aromatic N) is 2. The van der Waals surface area contributed by atoms with Crippen LogP contribution in [0.2, 0.25) is 0 Å². The van der Waals surface area contributed by atoms with E-state index in [0.717, 1.165) is 19.3 Å². The fourth-order valence-electron chi connectivity index (χ4n) is 1.43. The molecule has 0 aromatic carbocycles. The Morgan fingerprint density at radius 1 is 1.06 bits per heavy atom. The molecule has 0 heterocycles. The van der Waals surface area contributed by atoms with Gasteiger partial charge < -0.3 is 4.90 Å². The zero-order chi connectivity index (χ0) is 13.5. The third-order valence-electron chi connectivity index (χ3n) is 2.67. The van der Waals surface area contributed by atoms with E-state index >= 15 is 0 Å². The van der Waals surface area contributed by atoms with Gasteiger partial charge in [-0.2, -0.15) is 18.4 Å². The summed E-state index contributed by atoms with van der Waals surface area (Å²) in [6.45, 7) is 4.45. The van der Waals surface area contributed by atoms with Crippen LogP contribution in [0.5, 0.6) is 0 Å². The summed E-state index contributed by atoms with van der Waals surface area (Å²) >= 11 is 0. The van der Waals surface area contributed by atoms with Gasteiger partial charge in [-0.1, -0.05) is 6.42 Å². The van der Waals surface area contributed by atoms with Gasteiger partial charge >= 0.3 is 6.18 Å². The highest BCUT2D eigenvalue weighted by atomic mass is 19.4. The second-order valence-electron chi connectivity index (χ2n) is 5.12. The molecule has 0 aromatic heterocycles. The van der Waals surface area contributed by atoms with Gasteiger partial charge in [-0.05, 0) is 40.3 Å². The lowest BCUT2D eigenvalue weighted by molar-refractivity contribution is -0.137. The average Bonchev–Trinajstić information content (AvgIpc) is 2.20. The van der Waals surface area contributed by atoms with Crippen LogP contribution >= 0.6 is 0 Å². The number of halogens is 3. The minimum Gasteiger partial charge on any atom is -0.306 e. The van der Waals surface area contributed by atoms with Gasteiger partial charge in [0.2, 0.25) is 0 Å². The monoisotopic (exact) mass is 250 g/mol. The molecule has 0 amide bonds. The zero-order valence-electron chi connectivity index (χ0n) is 10.8. The van der Waals surface area contributed by atoms with Crippen LogP contribution in [0.4, 0.5) is 13.2 Å². The normalized spacial score (nSPS) is 12.8. The predicted molar refractivity (Wildman–Crippen MR) is 61.4 cm³/mol. The summed E-state index contributed by atoms with van der Waals surface area (Å²) < 4.78 is 35.8. The Kier molecular flexibility index (Phi) is 6.54. The molecular formula is C12H21F3N2. The van der Waals surface area contributed by atoms with Crippen molar-refractivity contribution in [2.75, 3.05) is 20.1 Å². The molecule has 5 heteroatoms. The smallest absolute Gasteiger partial charge is 0.306 e.